The molecule has 3 nitrogen and oxygen atoms in total. The van der Waals surface area contributed by atoms with Gasteiger partial charge in [0, 0.05) is 10.8 Å². The van der Waals surface area contributed by atoms with E-state index in [9.17, 15) is 4.79 Å². The molecule has 0 radical (unpaired) electrons. The fourth-order valence-electron chi connectivity index (χ4n) is 2.31. The van der Waals surface area contributed by atoms with Crippen LogP contribution in [-0.4, -0.2) is 12.1 Å². The Morgan fingerprint density at radius 2 is 1.55 bits per heavy atom. The summed E-state index contributed by atoms with van der Waals surface area (Å²) in [4.78, 5) is 15.7. The van der Waals surface area contributed by atoms with Crippen LogP contribution in [0.2, 0.25) is 0 Å². The van der Waals surface area contributed by atoms with Gasteiger partial charge in [0.05, 0.1) is 18.1 Å². The fourth-order valence-corrected chi connectivity index (χ4v) is 2.31. The SMILES string of the molecule is CC.COc1cccc2c(=O)c3cccc(C)c3[nH]c12. The molecule has 3 aromatic rings. The van der Waals surface area contributed by atoms with E-state index in [1.54, 1.807) is 7.11 Å². The van der Waals surface area contributed by atoms with Crippen LogP contribution < -0.4 is 10.2 Å². The molecule has 0 unspecified atom stereocenters. The summed E-state index contributed by atoms with van der Waals surface area (Å²) in [5, 5.41) is 1.38. The molecular formula is C17H19NO2. The molecule has 0 aliphatic heterocycles. The first kappa shape index (κ1) is 14.1. The van der Waals surface area contributed by atoms with Crippen molar-refractivity contribution in [1.29, 1.82) is 0 Å². The van der Waals surface area contributed by atoms with E-state index in [1.165, 1.54) is 0 Å². The topological polar surface area (TPSA) is 42.1 Å². The van der Waals surface area contributed by atoms with Crippen LogP contribution in [0.5, 0.6) is 5.75 Å². The van der Waals surface area contributed by atoms with Crippen molar-refractivity contribution in [2.24, 2.45) is 0 Å². The monoisotopic (exact) mass is 269 g/mol. The first-order valence-corrected chi connectivity index (χ1v) is 6.80. The number of H-pyrrole nitrogens is 1. The maximum atomic E-state index is 12.4. The van der Waals surface area contributed by atoms with Gasteiger partial charge in [-0.15, -0.1) is 0 Å². The first-order valence-electron chi connectivity index (χ1n) is 6.80. The van der Waals surface area contributed by atoms with E-state index >= 15 is 0 Å². The van der Waals surface area contributed by atoms with E-state index in [1.807, 2.05) is 57.2 Å². The number of methoxy groups -OCH3 is 1. The summed E-state index contributed by atoms with van der Waals surface area (Å²) in [6.45, 7) is 5.99. The molecule has 0 spiro atoms. The summed E-state index contributed by atoms with van der Waals surface area (Å²) in [6.07, 6.45) is 0. The van der Waals surface area contributed by atoms with Crippen molar-refractivity contribution in [2.75, 3.05) is 7.11 Å². The molecule has 1 heterocycles. The van der Waals surface area contributed by atoms with E-state index in [0.717, 1.165) is 22.0 Å². The van der Waals surface area contributed by atoms with Crippen molar-refractivity contribution in [3.63, 3.8) is 0 Å². The highest BCUT2D eigenvalue weighted by atomic mass is 16.5. The minimum atomic E-state index is 0.0429. The number of rotatable bonds is 1. The lowest BCUT2D eigenvalue weighted by atomic mass is 10.1. The highest BCUT2D eigenvalue weighted by Crippen LogP contribution is 2.24. The number of aromatic nitrogens is 1. The molecule has 0 fully saturated rings. The number of pyridine rings is 1. The van der Waals surface area contributed by atoms with Gasteiger partial charge in [0.25, 0.3) is 0 Å². The molecule has 104 valence electrons. The molecule has 0 aliphatic carbocycles. The summed E-state index contributed by atoms with van der Waals surface area (Å²) in [7, 11) is 1.61. The lowest BCUT2D eigenvalue weighted by Gasteiger charge is -2.08. The number of nitrogens with one attached hydrogen (secondary N) is 1. The van der Waals surface area contributed by atoms with Gasteiger partial charge in [-0.2, -0.15) is 0 Å². The molecule has 3 heteroatoms. The second-order valence-corrected chi connectivity index (χ2v) is 4.33. The molecule has 20 heavy (non-hydrogen) atoms. The van der Waals surface area contributed by atoms with Gasteiger partial charge in [0.1, 0.15) is 5.75 Å². The van der Waals surface area contributed by atoms with Crippen molar-refractivity contribution >= 4 is 21.8 Å². The predicted molar refractivity (Wildman–Crippen MR) is 84.7 cm³/mol. The van der Waals surface area contributed by atoms with Gasteiger partial charge in [-0.3, -0.25) is 4.79 Å². The maximum Gasteiger partial charge on any atom is 0.197 e. The highest BCUT2D eigenvalue weighted by Gasteiger charge is 2.09. The lowest BCUT2D eigenvalue weighted by molar-refractivity contribution is 0.419. The zero-order valence-electron chi connectivity index (χ0n) is 12.3. The van der Waals surface area contributed by atoms with E-state index in [4.69, 9.17) is 4.74 Å². The first-order chi connectivity index (χ1) is 9.72. The molecule has 0 saturated heterocycles. The Kier molecular flexibility index (Phi) is 4.08. The third-order valence-corrected chi connectivity index (χ3v) is 3.26. The normalized spacial score (nSPS) is 10.2. The number of aromatic amines is 1. The van der Waals surface area contributed by atoms with E-state index in [0.29, 0.717) is 11.1 Å². The van der Waals surface area contributed by atoms with Crippen LogP contribution in [-0.2, 0) is 0 Å². The van der Waals surface area contributed by atoms with Crippen LogP contribution >= 0.6 is 0 Å². The Morgan fingerprint density at radius 1 is 0.950 bits per heavy atom. The summed E-state index contributed by atoms with van der Waals surface area (Å²) in [6, 6.07) is 11.2. The van der Waals surface area contributed by atoms with Crippen molar-refractivity contribution in [3.8, 4) is 5.75 Å². The summed E-state index contributed by atoms with van der Waals surface area (Å²) in [5.41, 5.74) is 2.73. The van der Waals surface area contributed by atoms with Gasteiger partial charge in [0.15, 0.2) is 5.43 Å². The molecule has 2 aromatic carbocycles. The Labute approximate surface area is 118 Å². The van der Waals surface area contributed by atoms with Gasteiger partial charge >= 0.3 is 0 Å². The third-order valence-electron chi connectivity index (χ3n) is 3.26. The second kappa shape index (κ2) is 5.78. The zero-order chi connectivity index (χ0) is 14.7. The Morgan fingerprint density at radius 3 is 2.20 bits per heavy atom. The van der Waals surface area contributed by atoms with Crippen molar-refractivity contribution in [3.05, 3.63) is 52.2 Å². The van der Waals surface area contributed by atoms with Gasteiger partial charge in [-0.25, -0.2) is 0 Å². The second-order valence-electron chi connectivity index (χ2n) is 4.33. The molecule has 0 amide bonds. The summed E-state index contributed by atoms with van der Waals surface area (Å²) in [5.74, 6) is 0.690. The number of ether oxygens (including phenoxy) is 1. The number of para-hydroxylation sites is 2. The number of aryl methyl sites for hydroxylation is 1. The number of fused-ring (bicyclic) bond motifs is 2. The molecular weight excluding hydrogens is 250 g/mol. The fraction of sp³-hybridized carbons (Fsp3) is 0.235. The molecule has 1 aromatic heterocycles. The third kappa shape index (κ3) is 2.16. The Hall–Kier alpha value is -2.29. The lowest BCUT2D eigenvalue weighted by Crippen LogP contribution is -2.05. The van der Waals surface area contributed by atoms with Gasteiger partial charge < -0.3 is 9.72 Å². The zero-order valence-corrected chi connectivity index (χ0v) is 12.3. The average molecular weight is 269 g/mol. The maximum absolute atomic E-state index is 12.4. The molecule has 0 saturated carbocycles. The average Bonchev–Trinajstić information content (AvgIpc) is 2.50. The smallest absolute Gasteiger partial charge is 0.197 e. The minimum absolute atomic E-state index is 0.0429. The minimum Gasteiger partial charge on any atom is -0.495 e. The number of hydrogen-bond donors (Lipinski definition) is 1. The van der Waals surface area contributed by atoms with Crippen molar-refractivity contribution in [1.82, 2.24) is 4.98 Å². The number of hydrogen-bond acceptors (Lipinski definition) is 2. The van der Waals surface area contributed by atoms with Crippen LogP contribution in [0.15, 0.2) is 41.2 Å². The molecule has 0 bridgehead atoms. The van der Waals surface area contributed by atoms with Crippen LogP contribution in [0.4, 0.5) is 0 Å². The molecule has 0 aliphatic rings. The van der Waals surface area contributed by atoms with Gasteiger partial charge in [-0.1, -0.05) is 32.0 Å². The van der Waals surface area contributed by atoms with Crippen LogP contribution in [0.1, 0.15) is 19.4 Å². The van der Waals surface area contributed by atoms with Crippen molar-refractivity contribution in [2.45, 2.75) is 20.8 Å². The van der Waals surface area contributed by atoms with E-state index in [-0.39, 0.29) is 5.43 Å². The summed E-state index contributed by atoms with van der Waals surface area (Å²) >= 11 is 0. The van der Waals surface area contributed by atoms with E-state index < -0.39 is 0 Å². The number of benzene rings is 2. The highest BCUT2D eigenvalue weighted by molar-refractivity contribution is 5.96. The quantitative estimate of drug-likeness (QED) is 0.678. The van der Waals surface area contributed by atoms with E-state index in [2.05, 4.69) is 4.98 Å². The van der Waals surface area contributed by atoms with Crippen LogP contribution in [0.25, 0.3) is 21.8 Å². The standard InChI is InChI=1S/C15H13NO2.C2H6/c1-9-5-3-6-10-13(9)16-14-11(15(10)17)7-4-8-12(14)18-2;1-2/h3-8H,1-2H3,(H,16,17);1-2H3. The molecule has 0 atom stereocenters. The van der Waals surface area contributed by atoms with Crippen LogP contribution in [0, 0.1) is 6.92 Å². The van der Waals surface area contributed by atoms with Crippen molar-refractivity contribution < 1.29 is 4.74 Å². The van der Waals surface area contributed by atoms with Gasteiger partial charge in [0.2, 0.25) is 0 Å². The largest absolute Gasteiger partial charge is 0.495 e. The Bertz CT molecular complexity index is 803. The van der Waals surface area contributed by atoms with Crippen LogP contribution in [0.3, 0.4) is 0 Å². The van der Waals surface area contributed by atoms with Gasteiger partial charge in [-0.05, 0) is 30.7 Å². The predicted octanol–water partition coefficient (Wildman–Crippen LogP) is 4.02. The molecule has 3 rings (SSSR count). The summed E-state index contributed by atoms with van der Waals surface area (Å²) < 4.78 is 5.30. The Balaban J connectivity index is 0.000000704. The molecule has 1 N–H and O–H groups in total.